The van der Waals surface area contributed by atoms with Gasteiger partial charge in [0, 0.05) is 36.6 Å². The molecule has 2 aromatic rings. The van der Waals surface area contributed by atoms with Crippen LogP contribution in [0.2, 0.25) is 0 Å². The fraction of sp³-hybridized carbons (Fsp3) is 0.545. The summed E-state index contributed by atoms with van der Waals surface area (Å²) in [4.78, 5) is 29.7. The van der Waals surface area contributed by atoms with Gasteiger partial charge in [0.1, 0.15) is 0 Å². The summed E-state index contributed by atoms with van der Waals surface area (Å²) < 4.78 is 5.39. The van der Waals surface area contributed by atoms with E-state index in [0.29, 0.717) is 12.8 Å². The maximum Gasteiger partial charge on any atom is 0.306 e. The van der Waals surface area contributed by atoms with Crippen LogP contribution in [0.3, 0.4) is 0 Å². The molecule has 1 amide bonds. The van der Waals surface area contributed by atoms with Crippen molar-refractivity contribution >= 4 is 22.8 Å². The van der Waals surface area contributed by atoms with Gasteiger partial charge in [-0.3, -0.25) is 9.59 Å². The van der Waals surface area contributed by atoms with E-state index >= 15 is 0 Å². The second-order valence-corrected chi connectivity index (χ2v) is 7.59. The van der Waals surface area contributed by atoms with Crippen molar-refractivity contribution in [2.45, 2.75) is 70.4 Å². The highest BCUT2D eigenvalue weighted by atomic mass is 16.5. The molecule has 1 saturated carbocycles. The van der Waals surface area contributed by atoms with Crippen LogP contribution in [0.4, 0.5) is 0 Å². The van der Waals surface area contributed by atoms with Crippen LogP contribution in [0.15, 0.2) is 30.5 Å². The summed E-state index contributed by atoms with van der Waals surface area (Å²) in [6, 6.07) is 8.44. The van der Waals surface area contributed by atoms with Crippen LogP contribution in [-0.4, -0.2) is 41.0 Å². The van der Waals surface area contributed by atoms with Crippen molar-refractivity contribution in [3.8, 4) is 0 Å². The minimum absolute atomic E-state index is 0.0909. The van der Waals surface area contributed by atoms with E-state index in [1.165, 1.54) is 30.2 Å². The van der Waals surface area contributed by atoms with Crippen LogP contribution in [0, 0.1) is 0 Å². The van der Waals surface area contributed by atoms with Crippen molar-refractivity contribution in [2.75, 3.05) is 7.05 Å². The molecule has 5 heteroatoms. The second-order valence-electron chi connectivity index (χ2n) is 7.59. The molecule has 0 saturated heterocycles. The normalized spacial score (nSPS) is 16.2. The molecule has 27 heavy (non-hydrogen) atoms. The maximum absolute atomic E-state index is 12.5. The van der Waals surface area contributed by atoms with Gasteiger partial charge >= 0.3 is 5.97 Å². The number of carbonyl (C=O) groups excluding carboxylic acids is 2. The zero-order chi connectivity index (χ0) is 19.2. The molecule has 1 aliphatic rings. The molecule has 1 fully saturated rings. The number of aryl methyl sites for hydroxylation is 1. The lowest BCUT2D eigenvalue weighted by Gasteiger charge is -2.32. The summed E-state index contributed by atoms with van der Waals surface area (Å²) in [5.74, 6) is -0.389. The molecule has 1 aromatic heterocycles. The van der Waals surface area contributed by atoms with Crippen molar-refractivity contribution in [3.05, 3.63) is 36.0 Å². The molecule has 0 radical (unpaired) electrons. The number of esters is 1. The number of rotatable bonds is 7. The fourth-order valence-electron chi connectivity index (χ4n) is 4.00. The Morgan fingerprint density at radius 3 is 2.74 bits per heavy atom. The largest absolute Gasteiger partial charge is 0.453 e. The molecular formula is C22H30N2O3. The van der Waals surface area contributed by atoms with E-state index in [2.05, 4.69) is 11.1 Å². The molecule has 3 rings (SSSR count). The number of H-pyrrole nitrogens is 1. The van der Waals surface area contributed by atoms with Crippen molar-refractivity contribution in [3.63, 3.8) is 0 Å². The van der Waals surface area contributed by atoms with E-state index < -0.39 is 6.10 Å². The quantitative estimate of drug-likeness (QED) is 0.743. The lowest BCUT2D eigenvalue weighted by Crippen LogP contribution is -2.44. The summed E-state index contributed by atoms with van der Waals surface area (Å²) in [5, 5.41) is 1.20. The van der Waals surface area contributed by atoms with Gasteiger partial charge in [0.2, 0.25) is 0 Å². The predicted octanol–water partition coefficient (Wildman–Crippen LogP) is 4.21. The second kappa shape index (κ2) is 9.07. The number of fused-ring (bicyclic) bond motifs is 1. The summed E-state index contributed by atoms with van der Waals surface area (Å²) in [7, 11) is 1.83. The molecule has 0 aliphatic heterocycles. The third-order valence-electron chi connectivity index (χ3n) is 5.63. The summed E-state index contributed by atoms with van der Waals surface area (Å²) >= 11 is 0. The molecule has 0 unspecified atom stereocenters. The summed E-state index contributed by atoms with van der Waals surface area (Å²) in [5.41, 5.74) is 2.32. The van der Waals surface area contributed by atoms with E-state index in [0.717, 1.165) is 24.8 Å². The molecule has 0 spiro atoms. The first-order chi connectivity index (χ1) is 13.1. The van der Waals surface area contributed by atoms with E-state index in [4.69, 9.17) is 4.74 Å². The highest BCUT2D eigenvalue weighted by Gasteiger charge is 2.27. The molecule has 0 bridgehead atoms. The zero-order valence-corrected chi connectivity index (χ0v) is 16.4. The van der Waals surface area contributed by atoms with Crippen LogP contribution >= 0.6 is 0 Å². The minimum atomic E-state index is -0.711. The van der Waals surface area contributed by atoms with Crippen LogP contribution in [0.25, 0.3) is 10.9 Å². The number of nitrogens with zero attached hydrogens (tertiary/aromatic N) is 1. The average molecular weight is 370 g/mol. The monoisotopic (exact) mass is 370 g/mol. The number of benzene rings is 1. The third kappa shape index (κ3) is 4.90. The third-order valence-corrected chi connectivity index (χ3v) is 5.63. The Kier molecular flexibility index (Phi) is 6.54. The van der Waals surface area contributed by atoms with Crippen LogP contribution in [0.1, 0.15) is 57.4 Å². The summed E-state index contributed by atoms with van der Waals surface area (Å²) in [6.45, 7) is 1.68. The van der Waals surface area contributed by atoms with E-state index in [1.54, 1.807) is 11.8 Å². The van der Waals surface area contributed by atoms with Gasteiger partial charge in [-0.15, -0.1) is 0 Å². The SMILES string of the molecule is C[C@H](OC(=O)CCCc1c[nH]c2ccccc12)C(=O)N(C)C1CCCCC1. The lowest BCUT2D eigenvalue weighted by molar-refractivity contribution is -0.159. The maximum atomic E-state index is 12.5. The Hall–Kier alpha value is -2.30. The highest BCUT2D eigenvalue weighted by Crippen LogP contribution is 2.23. The predicted molar refractivity (Wildman–Crippen MR) is 106 cm³/mol. The molecule has 1 N–H and O–H groups in total. The van der Waals surface area contributed by atoms with Gasteiger partial charge in [-0.05, 0) is 44.2 Å². The Bertz CT molecular complexity index is 777. The summed E-state index contributed by atoms with van der Waals surface area (Å²) in [6.07, 6.45) is 8.82. The number of carbonyl (C=O) groups is 2. The van der Waals surface area contributed by atoms with E-state index in [9.17, 15) is 9.59 Å². The van der Waals surface area contributed by atoms with Gasteiger partial charge in [-0.25, -0.2) is 0 Å². The zero-order valence-electron chi connectivity index (χ0n) is 16.4. The van der Waals surface area contributed by atoms with Crippen molar-refractivity contribution in [2.24, 2.45) is 0 Å². The number of likely N-dealkylation sites (N-methyl/N-ethyl adjacent to an activating group) is 1. The van der Waals surface area contributed by atoms with Crippen LogP contribution in [0.5, 0.6) is 0 Å². The number of aromatic amines is 1. The topological polar surface area (TPSA) is 62.4 Å². The first-order valence-corrected chi connectivity index (χ1v) is 10.1. The molecular weight excluding hydrogens is 340 g/mol. The van der Waals surface area contributed by atoms with Crippen molar-refractivity contribution in [1.82, 2.24) is 9.88 Å². The number of ether oxygens (including phenoxy) is 1. The highest BCUT2D eigenvalue weighted by molar-refractivity contribution is 5.84. The standard InChI is InChI=1S/C22H30N2O3/c1-16(22(26)24(2)18-10-4-3-5-11-18)27-21(25)14-8-9-17-15-23-20-13-7-6-12-19(17)20/h6-7,12-13,15-16,18,23H,3-5,8-11,14H2,1-2H3/t16-/m0/s1. The number of aromatic nitrogens is 1. The Morgan fingerprint density at radius 2 is 1.96 bits per heavy atom. The van der Waals surface area contributed by atoms with Crippen LogP contribution in [-0.2, 0) is 20.7 Å². The smallest absolute Gasteiger partial charge is 0.306 e. The van der Waals surface area contributed by atoms with Gasteiger partial charge in [-0.1, -0.05) is 37.5 Å². The van der Waals surface area contributed by atoms with E-state index in [-0.39, 0.29) is 17.9 Å². The number of amides is 1. The van der Waals surface area contributed by atoms with Gasteiger partial charge in [0.15, 0.2) is 6.10 Å². The number of hydrogen-bond acceptors (Lipinski definition) is 3. The first kappa shape index (κ1) is 19.5. The number of nitrogens with one attached hydrogen (secondary N) is 1. The van der Waals surface area contributed by atoms with Crippen molar-refractivity contribution < 1.29 is 14.3 Å². The van der Waals surface area contributed by atoms with Crippen molar-refractivity contribution in [1.29, 1.82) is 0 Å². The first-order valence-electron chi connectivity index (χ1n) is 10.1. The molecule has 1 aromatic carbocycles. The Morgan fingerprint density at radius 1 is 1.22 bits per heavy atom. The Balaban J connectivity index is 1.43. The minimum Gasteiger partial charge on any atom is -0.453 e. The molecule has 146 valence electrons. The lowest BCUT2D eigenvalue weighted by atomic mass is 9.94. The van der Waals surface area contributed by atoms with E-state index in [1.807, 2.05) is 31.4 Å². The molecule has 1 aliphatic carbocycles. The Labute approximate surface area is 161 Å². The number of para-hydroxylation sites is 1. The molecule has 1 atom stereocenters. The van der Waals surface area contributed by atoms with Gasteiger partial charge in [0.05, 0.1) is 0 Å². The fourth-order valence-corrected chi connectivity index (χ4v) is 4.00. The van der Waals surface area contributed by atoms with Crippen LogP contribution < -0.4 is 0 Å². The molecule has 1 heterocycles. The number of hydrogen-bond donors (Lipinski definition) is 1. The van der Waals surface area contributed by atoms with Gasteiger partial charge in [-0.2, -0.15) is 0 Å². The molecule has 5 nitrogen and oxygen atoms in total. The van der Waals surface area contributed by atoms with Gasteiger partial charge < -0.3 is 14.6 Å². The van der Waals surface area contributed by atoms with Gasteiger partial charge in [0.25, 0.3) is 5.91 Å². The average Bonchev–Trinajstić information content (AvgIpc) is 3.10.